The summed E-state index contributed by atoms with van der Waals surface area (Å²) in [6.45, 7) is 4.75. The molecule has 0 radical (unpaired) electrons. The first-order valence-electron chi connectivity index (χ1n) is 9.00. The fourth-order valence-corrected chi connectivity index (χ4v) is 3.99. The van der Waals surface area contributed by atoms with Gasteiger partial charge in [0, 0.05) is 11.4 Å². The van der Waals surface area contributed by atoms with Crippen molar-refractivity contribution in [3.8, 4) is 5.75 Å². The largest absolute Gasteiger partial charge is 0.486 e. The van der Waals surface area contributed by atoms with Gasteiger partial charge in [-0.05, 0) is 37.8 Å². The Kier molecular flexibility index (Phi) is 6.08. The van der Waals surface area contributed by atoms with Gasteiger partial charge >= 0.3 is 0 Å². The van der Waals surface area contributed by atoms with Crippen molar-refractivity contribution in [1.82, 2.24) is 10.3 Å². The van der Waals surface area contributed by atoms with Gasteiger partial charge in [0.15, 0.2) is 0 Å². The van der Waals surface area contributed by atoms with E-state index in [0.29, 0.717) is 25.0 Å². The number of nitrogens with zero attached hydrogens (tertiary/aromatic N) is 1. The first kappa shape index (κ1) is 17.9. The maximum absolute atomic E-state index is 12.2. The van der Waals surface area contributed by atoms with Crippen LogP contribution in [0.2, 0.25) is 0 Å². The van der Waals surface area contributed by atoms with Gasteiger partial charge in [-0.3, -0.25) is 4.79 Å². The van der Waals surface area contributed by atoms with Crippen LogP contribution in [-0.4, -0.2) is 16.9 Å². The minimum absolute atomic E-state index is 0.0791. The number of carbonyl (C=O) groups is 1. The summed E-state index contributed by atoms with van der Waals surface area (Å²) in [4.78, 5) is 16.8. The normalized spacial score (nSPS) is 20.2. The SMILES string of the molecule is Cc1ccc(OCc2nc(CC(=O)NC3CCCC(C)C3)cs2)cc1. The van der Waals surface area contributed by atoms with Crippen LogP contribution in [-0.2, 0) is 17.8 Å². The Morgan fingerprint density at radius 3 is 2.88 bits per heavy atom. The number of thiazole rings is 1. The molecule has 1 N–H and O–H groups in total. The summed E-state index contributed by atoms with van der Waals surface area (Å²) < 4.78 is 5.75. The summed E-state index contributed by atoms with van der Waals surface area (Å²) in [6.07, 6.45) is 5.04. The number of hydrogen-bond acceptors (Lipinski definition) is 4. The van der Waals surface area contributed by atoms with Gasteiger partial charge in [0.25, 0.3) is 0 Å². The van der Waals surface area contributed by atoms with E-state index in [1.54, 1.807) is 11.3 Å². The molecule has 4 nitrogen and oxygen atoms in total. The van der Waals surface area contributed by atoms with Gasteiger partial charge in [-0.2, -0.15) is 0 Å². The van der Waals surface area contributed by atoms with E-state index in [0.717, 1.165) is 29.3 Å². The number of amides is 1. The summed E-state index contributed by atoms with van der Waals surface area (Å²) in [5, 5.41) is 6.02. The molecule has 1 amide bonds. The molecule has 1 fully saturated rings. The van der Waals surface area contributed by atoms with Crippen molar-refractivity contribution in [2.24, 2.45) is 5.92 Å². The Labute approximate surface area is 153 Å². The molecule has 134 valence electrons. The molecule has 5 heteroatoms. The second-order valence-corrected chi connectivity index (χ2v) is 7.99. The molecular formula is C20H26N2O2S. The third-order valence-electron chi connectivity index (χ3n) is 4.63. The molecule has 1 aromatic heterocycles. The molecule has 0 saturated heterocycles. The highest BCUT2D eigenvalue weighted by Gasteiger charge is 2.20. The number of carbonyl (C=O) groups excluding carboxylic acids is 1. The smallest absolute Gasteiger partial charge is 0.226 e. The number of nitrogens with one attached hydrogen (secondary N) is 1. The molecular weight excluding hydrogens is 332 g/mol. The van der Waals surface area contributed by atoms with Crippen LogP contribution in [0.4, 0.5) is 0 Å². The van der Waals surface area contributed by atoms with Gasteiger partial charge in [0.05, 0.1) is 12.1 Å². The molecule has 1 saturated carbocycles. The van der Waals surface area contributed by atoms with E-state index in [9.17, 15) is 4.79 Å². The van der Waals surface area contributed by atoms with E-state index in [4.69, 9.17) is 4.74 Å². The summed E-state index contributed by atoms with van der Waals surface area (Å²) in [6, 6.07) is 8.31. The Bertz CT molecular complexity index is 696. The summed E-state index contributed by atoms with van der Waals surface area (Å²) in [5.41, 5.74) is 2.04. The lowest BCUT2D eigenvalue weighted by molar-refractivity contribution is -0.121. The van der Waals surface area contributed by atoms with Gasteiger partial charge in [-0.1, -0.05) is 37.5 Å². The number of hydrogen-bond donors (Lipinski definition) is 1. The van der Waals surface area contributed by atoms with Gasteiger partial charge < -0.3 is 10.1 Å². The number of aryl methyl sites for hydroxylation is 1. The molecule has 2 unspecified atom stereocenters. The van der Waals surface area contributed by atoms with E-state index in [-0.39, 0.29) is 5.91 Å². The number of benzene rings is 1. The van der Waals surface area contributed by atoms with Crippen molar-refractivity contribution in [3.63, 3.8) is 0 Å². The lowest BCUT2D eigenvalue weighted by atomic mass is 9.87. The third-order valence-corrected chi connectivity index (χ3v) is 5.50. The molecule has 0 aliphatic heterocycles. The molecule has 3 rings (SSSR count). The summed E-state index contributed by atoms with van der Waals surface area (Å²) >= 11 is 1.54. The molecule has 25 heavy (non-hydrogen) atoms. The topological polar surface area (TPSA) is 51.2 Å². The van der Waals surface area contributed by atoms with E-state index < -0.39 is 0 Å². The zero-order valence-corrected chi connectivity index (χ0v) is 15.8. The third kappa shape index (κ3) is 5.56. The lowest BCUT2D eigenvalue weighted by Crippen LogP contribution is -2.38. The Morgan fingerprint density at radius 2 is 2.12 bits per heavy atom. The van der Waals surface area contributed by atoms with Crippen LogP contribution in [0, 0.1) is 12.8 Å². The number of ether oxygens (including phenoxy) is 1. The number of rotatable bonds is 6. The van der Waals surface area contributed by atoms with Gasteiger partial charge in [-0.15, -0.1) is 11.3 Å². The highest BCUT2D eigenvalue weighted by atomic mass is 32.1. The minimum atomic E-state index is 0.0791. The van der Waals surface area contributed by atoms with Crippen LogP contribution in [0.25, 0.3) is 0 Å². The number of aromatic nitrogens is 1. The highest BCUT2D eigenvalue weighted by molar-refractivity contribution is 7.09. The molecule has 1 heterocycles. The highest BCUT2D eigenvalue weighted by Crippen LogP contribution is 2.23. The van der Waals surface area contributed by atoms with Crippen LogP contribution in [0.1, 0.15) is 48.9 Å². The molecule has 2 atom stereocenters. The van der Waals surface area contributed by atoms with Crippen LogP contribution in [0.15, 0.2) is 29.6 Å². The van der Waals surface area contributed by atoms with Crippen molar-refractivity contribution < 1.29 is 9.53 Å². The molecule has 1 aliphatic carbocycles. The summed E-state index contributed by atoms with van der Waals surface area (Å²) in [7, 11) is 0. The summed E-state index contributed by atoms with van der Waals surface area (Å²) in [5.74, 6) is 1.63. The fourth-order valence-electron chi connectivity index (χ4n) is 3.28. The van der Waals surface area contributed by atoms with Crippen LogP contribution in [0.5, 0.6) is 5.75 Å². The van der Waals surface area contributed by atoms with Crippen LogP contribution >= 0.6 is 11.3 Å². The van der Waals surface area contributed by atoms with Crippen LogP contribution < -0.4 is 10.1 Å². The second kappa shape index (κ2) is 8.48. The van der Waals surface area contributed by atoms with Gasteiger partial charge in [0.1, 0.15) is 17.4 Å². The van der Waals surface area contributed by atoms with E-state index in [1.165, 1.54) is 18.4 Å². The Morgan fingerprint density at radius 1 is 1.32 bits per heavy atom. The average Bonchev–Trinajstić information content (AvgIpc) is 3.01. The zero-order chi connectivity index (χ0) is 17.6. The molecule has 0 spiro atoms. The van der Waals surface area contributed by atoms with Crippen molar-refractivity contribution in [3.05, 3.63) is 45.9 Å². The van der Waals surface area contributed by atoms with Crippen molar-refractivity contribution in [2.75, 3.05) is 0 Å². The van der Waals surface area contributed by atoms with Gasteiger partial charge in [0.2, 0.25) is 5.91 Å². The predicted octanol–water partition coefficient (Wildman–Crippen LogP) is 4.27. The van der Waals surface area contributed by atoms with Crippen molar-refractivity contribution >= 4 is 17.2 Å². The molecule has 0 bridgehead atoms. The Balaban J connectivity index is 1.46. The Hall–Kier alpha value is -1.88. The maximum Gasteiger partial charge on any atom is 0.226 e. The monoisotopic (exact) mass is 358 g/mol. The van der Waals surface area contributed by atoms with Gasteiger partial charge in [-0.25, -0.2) is 4.98 Å². The van der Waals surface area contributed by atoms with Crippen LogP contribution in [0.3, 0.4) is 0 Å². The molecule has 1 aromatic carbocycles. The van der Waals surface area contributed by atoms with Crippen molar-refractivity contribution in [1.29, 1.82) is 0 Å². The predicted molar refractivity (Wildman–Crippen MR) is 101 cm³/mol. The second-order valence-electron chi connectivity index (χ2n) is 7.05. The average molecular weight is 359 g/mol. The van der Waals surface area contributed by atoms with Crippen molar-refractivity contribution in [2.45, 2.75) is 58.6 Å². The standard InChI is InChI=1S/C20H26N2O2S/c1-14-6-8-18(9-7-14)24-12-20-22-17(13-25-20)11-19(23)21-16-5-3-4-15(2)10-16/h6-9,13,15-16H,3-5,10-12H2,1-2H3,(H,21,23). The first-order valence-corrected chi connectivity index (χ1v) is 9.88. The quantitative estimate of drug-likeness (QED) is 0.839. The zero-order valence-electron chi connectivity index (χ0n) is 15.0. The molecule has 2 aromatic rings. The maximum atomic E-state index is 12.2. The molecule has 1 aliphatic rings. The fraction of sp³-hybridized carbons (Fsp3) is 0.500. The van der Waals surface area contributed by atoms with E-state index in [2.05, 4.69) is 24.1 Å². The van der Waals surface area contributed by atoms with E-state index in [1.807, 2.05) is 29.6 Å². The van der Waals surface area contributed by atoms with E-state index >= 15 is 0 Å². The first-order chi connectivity index (χ1) is 12.1. The lowest BCUT2D eigenvalue weighted by Gasteiger charge is -2.27. The minimum Gasteiger partial charge on any atom is -0.486 e.